The lowest BCUT2D eigenvalue weighted by Crippen LogP contribution is -1.97. The monoisotopic (exact) mass is 252 g/mol. The molecule has 0 amide bonds. The topological polar surface area (TPSA) is 45.0 Å². The normalized spacial score (nSPS) is 9.95. The van der Waals surface area contributed by atoms with Crippen molar-refractivity contribution in [3.8, 4) is 6.07 Å². The van der Waals surface area contributed by atoms with Crippen molar-refractivity contribution in [2.45, 2.75) is 13.5 Å². The number of para-hydroxylation sites is 1. The van der Waals surface area contributed by atoms with Crippen molar-refractivity contribution in [2.75, 3.05) is 12.4 Å². The lowest BCUT2D eigenvalue weighted by atomic mass is 10.1. The van der Waals surface area contributed by atoms with Gasteiger partial charge in [0.1, 0.15) is 6.07 Å². The van der Waals surface area contributed by atoms with E-state index in [4.69, 9.17) is 10.00 Å². The minimum absolute atomic E-state index is 0.578. The highest BCUT2D eigenvalue weighted by Crippen LogP contribution is 2.25. The summed E-state index contributed by atoms with van der Waals surface area (Å²) in [5.41, 5.74) is 4.62. The molecule has 0 fully saturated rings. The highest BCUT2D eigenvalue weighted by molar-refractivity contribution is 5.70. The van der Waals surface area contributed by atoms with Gasteiger partial charge in [-0.25, -0.2) is 0 Å². The van der Waals surface area contributed by atoms with Gasteiger partial charge >= 0.3 is 0 Å². The van der Waals surface area contributed by atoms with Crippen molar-refractivity contribution in [1.29, 1.82) is 5.26 Å². The Morgan fingerprint density at radius 3 is 2.74 bits per heavy atom. The molecule has 0 saturated carbocycles. The van der Waals surface area contributed by atoms with Crippen molar-refractivity contribution in [3.05, 3.63) is 59.2 Å². The van der Waals surface area contributed by atoms with Crippen LogP contribution in [-0.4, -0.2) is 7.11 Å². The Balaban J connectivity index is 2.31. The van der Waals surface area contributed by atoms with E-state index in [9.17, 15) is 0 Å². The molecule has 0 atom stereocenters. The van der Waals surface area contributed by atoms with E-state index in [0.717, 1.165) is 22.5 Å². The van der Waals surface area contributed by atoms with Crippen LogP contribution < -0.4 is 5.32 Å². The molecule has 0 bridgehead atoms. The van der Waals surface area contributed by atoms with Gasteiger partial charge in [-0.15, -0.1) is 0 Å². The summed E-state index contributed by atoms with van der Waals surface area (Å²) >= 11 is 0. The number of rotatable bonds is 4. The molecule has 2 rings (SSSR count). The Hall–Kier alpha value is -2.31. The number of nitrogens with one attached hydrogen (secondary N) is 1. The average molecular weight is 252 g/mol. The summed E-state index contributed by atoms with van der Waals surface area (Å²) < 4.78 is 5.12. The summed E-state index contributed by atoms with van der Waals surface area (Å²) in [6.07, 6.45) is 0. The molecule has 0 aliphatic carbocycles. The van der Waals surface area contributed by atoms with Crippen molar-refractivity contribution in [1.82, 2.24) is 0 Å². The third-order valence-corrected chi connectivity index (χ3v) is 2.90. The molecule has 19 heavy (non-hydrogen) atoms. The van der Waals surface area contributed by atoms with Gasteiger partial charge < -0.3 is 10.1 Å². The van der Waals surface area contributed by atoms with E-state index in [1.54, 1.807) is 7.11 Å². The number of nitrogens with zero attached hydrogens (tertiary/aromatic N) is 1. The highest BCUT2D eigenvalue weighted by Gasteiger charge is 2.05. The van der Waals surface area contributed by atoms with Crippen molar-refractivity contribution >= 4 is 11.4 Å². The van der Waals surface area contributed by atoms with Crippen LogP contribution in [0.25, 0.3) is 0 Å². The molecule has 0 aliphatic heterocycles. The zero-order valence-corrected chi connectivity index (χ0v) is 11.1. The number of aryl methyl sites for hydroxylation is 1. The van der Waals surface area contributed by atoms with Gasteiger partial charge in [-0.1, -0.05) is 24.3 Å². The van der Waals surface area contributed by atoms with Crippen molar-refractivity contribution < 1.29 is 4.74 Å². The first-order valence-corrected chi connectivity index (χ1v) is 6.09. The SMILES string of the molecule is COCc1cccc(Nc2c(C)cccc2C#N)c1. The van der Waals surface area contributed by atoms with Gasteiger partial charge in [0.05, 0.1) is 17.9 Å². The molecule has 0 spiro atoms. The standard InChI is InChI=1S/C16H16N2O/c1-12-5-3-7-14(10-17)16(12)18-15-8-4-6-13(9-15)11-19-2/h3-9,18H,11H2,1-2H3. The van der Waals surface area contributed by atoms with Crippen LogP contribution in [-0.2, 0) is 11.3 Å². The second-order valence-electron chi connectivity index (χ2n) is 4.37. The number of hydrogen-bond acceptors (Lipinski definition) is 3. The van der Waals surface area contributed by atoms with Gasteiger partial charge in [0, 0.05) is 12.8 Å². The minimum Gasteiger partial charge on any atom is -0.380 e. The van der Waals surface area contributed by atoms with Crippen LogP contribution >= 0.6 is 0 Å². The molecule has 96 valence electrons. The molecule has 0 heterocycles. The molecular formula is C16H16N2O. The number of nitriles is 1. The molecule has 0 saturated heterocycles. The fraction of sp³-hybridized carbons (Fsp3) is 0.188. The van der Waals surface area contributed by atoms with Crippen molar-refractivity contribution in [2.24, 2.45) is 0 Å². The van der Waals surface area contributed by atoms with E-state index < -0.39 is 0 Å². The number of benzene rings is 2. The van der Waals surface area contributed by atoms with E-state index >= 15 is 0 Å². The number of hydrogen-bond donors (Lipinski definition) is 1. The fourth-order valence-corrected chi connectivity index (χ4v) is 1.98. The average Bonchev–Trinajstić information content (AvgIpc) is 2.42. The molecule has 2 aromatic rings. The Bertz CT molecular complexity index is 614. The molecule has 0 aromatic heterocycles. The Labute approximate surface area is 113 Å². The van der Waals surface area contributed by atoms with E-state index in [1.165, 1.54) is 0 Å². The fourth-order valence-electron chi connectivity index (χ4n) is 1.98. The summed E-state index contributed by atoms with van der Waals surface area (Å²) in [4.78, 5) is 0. The predicted molar refractivity (Wildman–Crippen MR) is 76.3 cm³/mol. The molecule has 0 radical (unpaired) electrons. The third kappa shape index (κ3) is 3.12. The number of methoxy groups -OCH3 is 1. The van der Waals surface area contributed by atoms with E-state index in [0.29, 0.717) is 12.2 Å². The second-order valence-corrected chi connectivity index (χ2v) is 4.37. The molecule has 2 aromatic carbocycles. The van der Waals surface area contributed by atoms with E-state index in [-0.39, 0.29) is 0 Å². The maximum atomic E-state index is 9.15. The first-order chi connectivity index (χ1) is 9.24. The predicted octanol–water partition coefficient (Wildman–Crippen LogP) is 3.76. The van der Waals surface area contributed by atoms with Gasteiger partial charge in [0.2, 0.25) is 0 Å². The van der Waals surface area contributed by atoms with Gasteiger partial charge in [-0.3, -0.25) is 0 Å². The summed E-state index contributed by atoms with van der Waals surface area (Å²) in [6, 6.07) is 15.9. The zero-order chi connectivity index (χ0) is 13.7. The van der Waals surface area contributed by atoms with Gasteiger partial charge in [0.25, 0.3) is 0 Å². The van der Waals surface area contributed by atoms with Crippen LogP contribution in [0.5, 0.6) is 0 Å². The van der Waals surface area contributed by atoms with Crippen LogP contribution in [0.1, 0.15) is 16.7 Å². The summed E-state index contributed by atoms with van der Waals surface area (Å²) in [6.45, 7) is 2.57. The van der Waals surface area contributed by atoms with Gasteiger partial charge in [0.15, 0.2) is 0 Å². The lowest BCUT2D eigenvalue weighted by molar-refractivity contribution is 0.185. The summed E-state index contributed by atoms with van der Waals surface area (Å²) in [7, 11) is 1.68. The highest BCUT2D eigenvalue weighted by atomic mass is 16.5. The first-order valence-electron chi connectivity index (χ1n) is 6.09. The molecule has 3 heteroatoms. The molecule has 3 nitrogen and oxygen atoms in total. The lowest BCUT2D eigenvalue weighted by Gasteiger charge is -2.12. The van der Waals surface area contributed by atoms with Crippen LogP contribution in [0, 0.1) is 18.3 Å². The Morgan fingerprint density at radius 2 is 2.00 bits per heavy atom. The maximum absolute atomic E-state index is 9.15. The minimum atomic E-state index is 0.578. The van der Waals surface area contributed by atoms with Gasteiger partial charge in [-0.2, -0.15) is 5.26 Å². The van der Waals surface area contributed by atoms with Crippen LogP contribution in [0.3, 0.4) is 0 Å². The maximum Gasteiger partial charge on any atom is 0.101 e. The molecule has 0 unspecified atom stereocenters. The summed E-state index contributed by atoms with van der Waals surface area (Å²) in [5.74, 6) is 0. The van der Waals surface area contributed by atoms with Crippen LogP contribution in [0.15, 0.2) is 42.5 Å². The summed E-state index contributed by atoms with van der Waals surface area (Å²) in [5, 5.41) is 12.5. The van der Waals surface area contributed by atoms with Gasteiger partial charge in [-0.05, 0) is 36.2 Å². The Morgan fingerprint density at radius 1 is 1.21 bits per heavy atom. The second kappa shape index (κ2) is 6.03. The van der Waals surface area contributed by atoms with Crippen LogP contribution in [0.4, 0.5) is 11.4 Å². The first kappa shape index (κ1) is 13.1. The van der Waals surface area contributed by atoms with E-state index in [1.807, 2.05) is 49.4 Å². The largest absolute Gasteiger partial charge is 0.380 e. The molecular weight excluding hydrogens is 236 g/mol. The smallest absolute Gasteiger partial charge is 0.101 e. The zero-order valence-electron chi connectivity index (χ0n) is 11.1. The molecule has 1 N–H and O–H groups in total. The number of ether oxygens (including phenoxy) is 1. The number of anilines is 2. The van der Waals surface area contributed by atoms with E-state index in [2.05, 4.69) is 11.4 Å². The quantitative estimate of drug-likeness (QED) is 0.901. The Kier molecular flexibility index (Phi) is 4.17. The third-order valence-electron chi connectivity index (χ3n) is 2.90. The van der Waals surface area contributed by atoms with Crippen LogP contribution in [0.2, 0.25) is 0 Å². The molecule has 0 aliphatic rings. The van der Waals surface area contributed by atoms with Crippen molar-refractivity contribution in [3.63, 3.8) is 0 Å².